The fourth-order valence-electron chi connectivity index (χ4n) is 3.55. The van der Waals surface area contributed by atoms with Gasteiger partial charge in [0.2, 0.25) is 11.8 Å². The number of fused-ring (bicyclic) bond motifs is 1. The fourth-order valence-corrected chi connectivity index (χ4v) is 3.55. The molecule has 1 unspecified atom stereocenters. The Bertz CT molecular complexity index is 817. The number of carbonyl (C=O) groups is 2. The van der Waals surface area contributed by atoms with Crippen LogP contribution in [0.2, 0.25) is 0 Å². The minimum Gasteiger partial charge on any atom is -0.347 e. The molecule has 2 aromatic carbocycles. The lowest BCUT2D eigenvalue weighted by Crippen LogP contribution is -2.55. The molecule has 146 valence electrons. The zero-order valence-corrected chi connectivity index (χ0v) is 16.7. The molecule has 6 heteroatoms. The summed E-state index contributed by atoms with van der Waals surface area (Å²) in [6.07, 6.45) is 1.06. The van der Waals surface area contributed by atoms with E-state index in [9.17, 15) is 9.59 Å². The van der Waals surface area contributed by atoms with Crippen molar-refractivity contribution in [3.8, 4) is 0 Å². The highest BCUT2D eigenvalue weighted by Gasteiger charge is 2.35. The van der Waals surface area contributed by atoms with Gasteiger partial charge >= 0.3 is 0 Å². The van der Waals surface area contributed by atoms with Crippen molar-refractivity contribution >= 4 is 35.0 Å². The number of carbonyl (C=O) groups excluding carboxylic acids is 2. The number of halogens is 1. The Morgan fingerprint density at radius 1 is 1.19 bits per heavy atom. The number of nitrogens with two attached hydrogens (primary N) is 1. The summed E-state index contributed by atoms with van der Waals surface area (Å²) in [5.74, 6) is -0.182. The first-order valence-electron chi connectivity index (χ1n) is 9.13. The number of piperidine rings is 1. The van der Waals surface area contributed by atoms with E-state index in [0.717, 1.165) is 22.8 Å². The number of benzene rings is 2. The van der Waals surface area contributed by atoms with Crippen molar-refractivity contribution in [1.29, 1.82) is 0 Å². The molecule has 1 aliphatic rings. The van der Waals surface area contributed by atoms with Gasteiger partial charge in [-0.25, -0.2) is 0 Å². The van der Waals surface area contributed by atoms with E-state index in [1.165, 1.54) is 0 Å². The summed E-state index contributed by atoms with van der Waals surface area (Å²) in [7, 11) is 0. The van der Waals surface area contributed by atoms with Crippen molar-refractivity contribution in [2.45, 2.75) is 32.7 Å². The van der Waals surface area contributed by atoms with Crippen LogP contribution in [0, 0.1) is 5.41 Å². The Hall–Kier alpha value is -2.11. The number of hydrogen-bond donors (Lipinski definition) is 2. The van der Waals surface area contributed by atoms with E-state index in [1.807, 2.05) is 47.4 Å². The quantitative estimate of drug-likeness (QED) is 0.843. The number of nitrogens with one attached hydrogen (secondary N) is 1. The summed E-state index contributed by atoms with van der Waals surface area (Å²) in [6.45, 7) is 5.48. The minimum absolute atomic E-state index is 0. The topological polar surface area (TPSA) is 75.4 Å². The Labute approximate surface area is 166 Å². The molecule has 1 saturated heterocycles. The van der Waals surface area contributed by atoms with E-state index in [-0.39, 0.29) is 48.6 Å². The monoisotopic (exact) mass is 389 g/mol. The molecule has 3 N–H and O–H groups in total. The molecule has 3 rings (SSSR count). The van der Waals surface area contributed by atoms with Gasteiger partial charge in [0.25, 0.3) is 0 Å². The molecular weight excluding hydrogens is 362 g/mol. The molecule has 5 nitrogen and oxygen atoms in total. The summed E-state index contributed by atoms with van der Waals surface area (Å²) in [6, 6.07) is 14.0. The van der Waals surface area contributed by atoms with Gasteiger partial charge in [-0.2, -0.15) is 0 Å². The predicted molar refractivity (Wildman–Crippen MR) is 111 cm³/mol. The summed E-state index contributed by atoms with van der Waals surface area (Å²) in [4.78, 5) is 26.6. The second kappa shape index (κ2) is 8.72. The molecule has 0 saturated carbocycles. The van der Waals surface area contributed by atoms with Crippen LogP contribution < -0.4 is 11.1 Å². The van der Waals surface area contributed by atoms with E-state index >= 15 is 0 Å². The van der Waals surface area contributed by atoms with E-state index in [0.29, 0.717) is 13.1 Å². The molecule has 0 bridgehead atoms. The summed E-state index contributed by atoms with van der Waals surface area (Å²) in [5.41, 5.74) is 6.99. The maximum atomic E-state index is 12.4. The average Bonchev–Trinajstić information content (AvgIpc) is 2.62. The first-order valence-corrected chi connectivity index (χ1v) is 9.13. The van der Waals surface area contributed by atoms with Crippen molar-refractivity contribution in [1.82, 2.24) is 10.2 Å². The number of hydrogen-bond acceptors (Lipinski definition) is 3. The normalized spacial score (nSPS) is 18.6. The van der Waals surface area contributed by atoms with Crippen molar-refractivity contribution in [2.24, 2.45) is 11.1 Å². The molecular formula is C21H28ClN3O2. The zero-order chi connectivity index (χ0) is 18.7. The molecule has 1 heterocycles. The molecule has 0 aliphatic carbocycles. The lowest BCUT2D eigenvalue weighted by atomic mass is 9.79. The molecule has 0 radical (unpaired) electrons. The van der Waals surface area contributed by atoms with Gasteiger partial charge in [0.1, 0.15) is 0 Å². The van der Waals surface area contributed by atoms with Gasteiger partial charge in [0, 0.05) is 19.1 Å². The Morgan fingerprint density at radius 3 is 2.63 bits per heavy atom. The molecule has 0 aromatic heterocycles. The predicted octanol–water partition coefficient (Wildman–Crippen LogP) is 2.51. The van der Waals surface area contributed by atoms with Crippen LogP contribution in [0.1, 0.15) is 25.8 Å². The van der Waals surface area contributed by atoms with Crippen LogP contribution in [0.15, 0.2) is 42.5 Å². The zero-order valence-electron chi connectivity index (χ0n) is 15.9. The van der Waals surface area contributed by atoms with E-state index in [4.69, 9.17) is 5.73 Å². The van der Waals surface area contributed by atoms with Crippen molar-refractivity contribution < 1.29 is 9.59 Å². The third-order valence-electron chi connectivity index (χ3n) is 5.33. The third-order valence-corrected chi connectivity index (χ3v) is 5.33. The minimum atomic E-state index is -0.136. The smallest absolute Gasteiger partial charge is 0.241 e. The van der Waals surface area contributed by atoms with Gasteiger partial charge in [-0.05, 0) is 28.2 Å². The maximum absolute atomic E-state index is 12.4. The highest BCUT2D eigenvalue weighted by Crippen LogP contribution is 2.27. The molecule has 2 aromatic rings. The first-order chi connectivity index (χ1) is 12.4. The lowest BCUT2D eigenvalue weighted by Gasteiger charge is -2.42. The van der Waals surface area contributed by atoms with Crippen LogP contribution in [0.4, 0.5) is 0 Å². The van der Waals surface area contributed by atoms with Crippen LogP contribution >= 0.6 is 12.4 Å². The van der Waals surface area contributed by atoms with Crippen LogP contribution in [0.25, 0.3) is 10.8 Å². The van der Waals surface area contributed by atoms with Gasteiger partial charge in [0.15, 0.2) is 0 Å². The van der Waals surface area contributed by atoms with Gasteiger partial charge < -0.3 is 16.0 Å². The van der Waals surface area contributed by atoms with Crippen LogP contribution in [0.3, 0.4) is 0 Å². The molecule has 1 fully saturated rings. The van der Waals surface area contributed by atoms with Gasteiger partial charge in [0.05, 0.1) is 13.0 Å². The van der Waals surface area contributed by atoms with Gasteiger partial charge in [-0.1, -0.05) is 56.3 Å². The van der Waals surface area contributed by atoms with Gasteiger partial charge in [-0.3, -0.25) is 9.59 Å². The van der Waals surface area contributed by atoms with Gasteiger partial charge in [-0.15, -0.1) is 12.4 Å². The SMILES string of the molecule is CC1(C)CN(C(=O)CNC(=O)Cc2cccc3ccccc23)CCC1N.Cl. The fraction of sp³-hybridized carbons (Fsp3) is 0.429. The molecule has 2 amide bonds. The van der Waals surface area contributed by atoms with E-state index < -0.39 is 0 Å². The second-order valence-corrected chi connectivity index (χ2v) is 7.79. The molecule has 1 atom stereocenters. The first kappa shape index (κ1) is 21.2. The Kier molecular flexibility index (Phi) is 6.84. The van der Waals surface area contributed by atoms with Crippen molar-refractivity contribution in [2.75, 3.05) is 19.6 Å². The van der Waals surface area contributed by atoms with Crippen molar-refractivity contribution in [3.05, 3.63) is 48.0 Å². The summed E-state index contributed by atoms with van der Waals surface area (Å²) >= 11 is 0. The number of rotatable bonds is 4. The molecule has 0 spiro atoms. The Morgan fingerprint density at radius 2 is 1.89 bits per heavy atom. The number of likely N-dealkylation sites (tertiary alicyclic amines) is 1. The highest BCUT2D eigenvalue weighted by atomic mass is 35.5. The third kappa shape index (κ3) is 4.99. The molecule has 27 heavy (non-hydrogen) atoms. The molecule has 1 aliphatic heterocycles. The van der Waals surface area contributed by atoms with Crippen LogP contribution in [0.5, 0.6) is 0 Å². The second-order valence-electron chi connectivity index (χ2n) is 7.79. The van der Waals surface area contributed by atoms with Crippen LogP contribution in [-0.4, -0.2) is 42.4 Å². The summed E-state index contributed by atoms with van der Waals surface area (Å²) < 4.78 is 0. The Balaban J connectivity index is 0.00000261. The average molecular weight is 390 g/mol. The number of amides is 2. The van der Waals surface area contributed by atoms with Crippen molar-refractivity contribution in [3.63, 3.8) is 0 Å². The lowest BCUT2D eigenvalue weighted by molar-refractivity contribution is -0.135. The van der Waals surface area contributed by atoms with E-state index in [2.05, 4.69) is 19.2 Å². The number of nitrogens with zero attached hydrogens (tertiary/aromatic N) is 1. The summed E-state index contributed by atoms with van der Waals surface area (Å²) in [5, 5.41) is 4.95. The standard InChI is InChI=1S/C21H27N3O2.ClH/c1-21(2)14-24(11-10-18(21)22)20(26)13-23-19(25)12-16-8-5-7-15-6-3-4-9-17(15)16;/h3-9,18H,10-14,22H2,1-2H3,(H,23,25);1H. The van der Waals surface area contributed by atoms with E-state index in [1.54, 1.807) is 0 Å². The highest BCUT2D eigenvalue weighted by molar-refractivity contribution is 5.91. The maximum Gasteiger partial charge on any atom is 0.241 e. The largest absolute Gasteiger partial charge is 0.347 e. The van der Waals surface area contributed by atoms with Crippen LogP contribution in [-0.2, 0) is 16.0 Å².